The number of aryl methyl sites for hydroxylation is 1. The number of nitrogens with zero attached hydrogens (tertiary/aromatic N) is 3. The van der Waals surface area contributed by atoms with Crippen LogP contribution < -0.4 is 9.64 Å². The molecule has 38 heavy (non-hydrogen) atoms. The van der Waals surface area contributed by atoms with E-state index in [1.165, 1.54) is 16.2 Å². The van der Waals surface area contributed by atoms with E-state index < -0.39 is 23.5 Å². The molecule has 0 aliphatic carbocycles. The zero-order chi connectivity index (χ0) is 26.2. The zero-order valence-corrected chi connectivity index (χ0v) is 21.0. The van der Waals surface area contributed by atoms with Crippen LogP contribution >= 0.6 is 11.3 Å². The molecule has 0 saturated heterocycles. The molecule has 0 saturated carbocycles. The summed E-state index contributed by atoms with van der Waals surface area (Å²) in [5, 5.41) is 20.8. The number of anilines is 1. The van der Waals surface area contributed by atoms with E-state index in [9.17, 15) is 14.7 Å². The molecule has 0 spiro atoms. The van der Waals surface area contributed by atoms with Gasteiger partial charge in [0, 0.05) is 5.39 Å². The summed E-state index contributed by atoms with van der Waals surface area (Å²) in [7, 11) is 0. The van der Waals surface area contributed by atoms with Gasteiger partial charge in [-0.05, 0) is 42.3 Å². The Balaban J connectivity index is 1.37. The minimum absolute atomic E-state index is 0.0312. The number of benzene rings is 3. The van der Waals surface area contributed by atoms with Gasteiger partial charge in [0.05, 0.1) is 11.6 Å². The van der Waals surface area contributed by atoms with Gasteiger partial charge in [-0.25, -0.2) is 0 Å². The van der Waals surface area contributed by atoms with Crippen molar-refractivity contribution in [1.29, 1.82) is 0 Å². The van der Waals surface area contributed by atoms with Crippen LogP contribution in [0.5, 0.6) is 5.75 Å². The quantitative estimate of drug-likeness (QED) is 0.263. The van der Waals surface area contributed by atoms with Crippen molar-refractivity contribution in [2.45, 2.75) is 19.6 Å². The molecular weight excluding hydrogens is 502 g/mol. The lowest BCUT2D eigenvalue weighted by Crippen LogP contribution is -2.31. The van der Waals surface area contributed by atoms with E-state index in [2.05, 4.69) is 10.2 Å². The summed E-state index contributed by atoms with van der Waals surface area (Å²) in [5.74, 6) is -1.29. The molecule has 1 amide bonds. The Morgan fingerprint density at radius 3 is 2.47 bits per heavy atom. The minimum Gasteiger partial charge on any atom is -0.503 e. The van der Waals surface area contributed by atoms with Crippen LogP contribution in [0.1, 0.15) is 32.7 Å². The molecule has 2 aromatic heterocycles. The van der Waals surface area contributed by atoms with Crippen LogP contribution in [-0.4, -0.2) is 27.0 Å². The average Bonchev–Trinajstić information content (AvgIpc) is 3.64. The minimum atomic E-state index is -0.932. The first-order valence-corrected chi connectivity index (χ1v) is 12.7. The molecule has 1 unspecified atom stereocenters. The van der Waals surface area contributed by atoms with Crippen molar-refractivity contribution in [3.8, 4) is 5.75 Å². The van der Waals surface area contributed by atoms with Gasteiger partial charge in [-0.3, -0.25) is 14.5 Å². The third kappa shape index (κ3) is 4.22. The van der Waals surface area contributed by atoms with Crippen molar-refractivity contribution in [3.05, 3.63) is 118 Å². The third-order valence-electron chi connectivity index (χ3n) is 6.27. The standard InChI is InChI=1S/C29H21N3O5S/c1-17-30-31-29(38-17)32-25(19-11-13-21(14-12-19)36-16-18-7-3-2-4-8-18)24(27(34)28(32)35)26(33)23-15-20-9-5-6-10-22(20)37-23/h2-15,25,34H,16H2,1H3. The first-order chi connectivity index (χ1) is 18.5. The second-order valence-corrected chi connectivity index (χ2v) is 9.92. The molecule has 6 rings (SSSR count). The summed E-state index contributed by atoms with van der Waals surface area (Å²) in [6.07, 6.45) is 0. The van der Waals surface area contributed by atoms with Crippen LogP contribution in [0.3, 0.4) is 0 Å². The Morgan fingerprint density at radius 1 is 1.03 bits per heavy atom. The van der Waals surface area contributed by atoms with E-state index in [0.29, 0.717) is 28.5 Å². The van der Waals surface area contributed by atoms with Crippen molar-refractivity contribution >= 4 is 39.1 Å². The molecule has 3 heterocycles. The number of aliphatic hydroxyl groups excluding tert-OH is 1. The van der Waals surface area contributed by atoms with E-state index in [-0.39, 0.29) is 16.5 Å². The zero-order valence-electron chi connectivity index (χ0n) is 20.2. The summed E-state index contributed by atoms with van der Waals surface area (Å²) >= 11 is 1.20. The molecule has 1 aliphatic heterocycles. The third-order valence-corrected chi connectivity index (χ3v) is 7.11. The molecule has 188 valence electrons. The highest BCUT2D eigenvalue weighted by atomic mass is 32.1. The van der Waals surface area contributed by atoms with Gasteiger partial charge in [-0.1, -0.05) is 72.0 Å². The highest BCUT2D eigenvalue weighted by molar-refractivity contribution is 7.15. The van der Waals surface area contributed by atoms with Crippen LogP contribution in [0.2, 0.25) is 0 Å². The Kier molecular flexibility index (Phi) is 5.97. The number of furan rings is 1. The van der Waals surface area contributed by atoms with E-state index in [0.717, 1.165) is 10.9 Å². The number of aromatic nitrogens is 2. The van der Waals surface area contributed by atoms with Crippen LogP contribution in [-0.2, 0) is 11.4 Å². The molecule has 5 aromatic rings. The number of hydrogen-bond acceptors (Lipinski definition) is 8. The van der Waals surface area contributed by atoms with Gasteiger partial charge >= 0.3 is 0 Å². The summed E-state index contributed by atoms with van der Waals surface area (Å²) < 4.78 is 11.7. The Bertz CT molecular complexity index is 1660. The lowest BCUT2D eigenvalue weighted by atomic mass is 9.95. The van der Waals surface area contributed by atoms with Gasteiger partial charge in [0.1, 0.15) is 22.9 Å². The van der Waals surface area contributed by atoms with Crippen LogP contribution in [0.15, 0.2) is 101 Å². The van der Waals surface area contributed by atoms with Gasteiger partial charge in [0.25, 0.3) is 5.91 Å². The fourth-order valence-corrected chi connectivity index (χ4v) is 5.16. The van der Waals surface area contributed by atoms with Crippen LogP contribution in [0.4, 0.5) is 5.13 Å². The van der Waals surface area contributed by atoms with Crippen LogP contribution in [0, 0.1) is 6.92 Å². The summed E-state index contributed by atoms with van der Waals surface area (Å²) in [5.41, 5.74) is 2.08. The number of amides is 1. The maximum Gasteiger partial charge on any atom is 0.296 e. The first kappa shape index (κ1) is 23.6. The van der Waals surface area contributed by atoms with Crippen molar-refractivity contribution in [3.63, 3.8) is 0 Å². The molecule has 0 bridgehead atoms. The van der Waals surface area contributed by atoms with E-state index in [4.69, 9.17) is 9.15 Å². The predicted octanol–water partition coefficient (Wildman–Crippen LogP) is 5.95. The first-order valence-electron chi connectivity index (χ1n) is 11.9. The maximum absolute atomic E-state index is 13.7. The van der Waals surface area contributed by atoms with Gasteiger partial charge < -0.3 is 14.3 Å². The van der Waals surface area contributed by atoms with E-state index in [1.54, 1.807) is 49.4 Å². The topological polar surface area (TPSA) is 106 Å². The fraction of sp³-hybridized carbons (Fsp3) is 0.103. The van der Waals surface area contributed by atoms with Gasteiger partial charge in [0.2, 0.25) is 10.9 Å². The number of ketones is 1. The predicted molar refractivity (Wildman–Crippen MR) is 142 cm³/mol. The van der Waals surface area contributed by atoms with Gasteiger partial charge in [-0.15, -0.1) is 10.2 Å². The summed E-state index contributed by atoms with van der Waals surface area (Å²) in [6, 6.07) is 24.8. The largest absolute Gasteiger partial charge is 0.503 e. The maximum atomic E-state index is 13.7. The molecule has 1 N–H and O–H groups in total. The monoisotopic (exact) mass is 523 g/mol. The van der Waals surface area contributed by atoms with Crippen molar-refractivity contribution in [1.82, 2.24) is 10.2 Å². The second kappa shape index (κ2) is 9.60. The number of hydrogen-bond donors (Lipinski definition) is 1. The molecule has 3 aromatic carbocycles. The second-order valence-electron chi connectivity index (χ2n) is 8.76. The number of carbonyl (C=O) groups is 2. The molecule has 0 radical (unpaired) electrons. The highest BCUT2D eigenvalue weighted by Gasteiger charge is 2.46. The number of Topliss-reactive ketones (excluding diaryl/α,β-unsaturated/α-hetero) is 1. The number of aliphatic hydroxyl groups is 1. The number of carbonyl (C=O) groups excluding carboxylic acids is 2. The Labute approximate surface area is 221 Å². The van der Waals surface area contributed by atoms with Crippen molar-refractivity contribution < 1.29 is 23.8 Å². The van der Waals surface area contributed by atoms with E-state index >= 15 is 0 Å². The van der Waals surface area contributed by atoms with E-state index in [1.807, 2.05) is 42.5 Å². The Morgan fingerprint density at radius 2 is 1.76 bits per heavy atom. The van der Waals surface area contributed by atoms with Crippen molar-refractivity contribution in [2.75, 3.05) is 4.90 Å². The number of para-hydroxylation sites is 1. The number of ether oxygens (including phenoxy) is 1. The highest BCUT2D eigenvalue weighted by Crippen LogP contribution is 2.43. The molecular formula is C29H21N3O5S. The van der Waals surface area contributed by atoms with Gasteiger partial charge in [-0.2, -0.15) is 0 Å². The lowest BCUT2D eigenvalue weighted by molar-refractivity contribution is -0.117. The molecule has 1 atom stereocenters. The van der Waals surface area contributed by atoms with Crippen LogP contribution in [0.25, 0.3) is 11.0 Å². The molecule has 0 fully saturated rings. The Hall–Kier alpha value is -4.76. The fourth-order valence-electron chi connectivity index (χ4n) is 4.45. The smallest absolute Gasteiger partial charge is 0.296 e. The summed E-state index contributed by atoms with van der Waals surface area (Å²) in [4.78, 5) is 28.3. The van der Waals surface area contributed by atoms with Gasteiger partial charge in [0.15, 0.2) is 11.5 Å². The molecule has 8 nitrogen and oxygen atoms in total. The number of fused-ring (bicyclic) bond motifs is 1. The lowest BCUT2D eigenvalue weighted by Gasteiger charge is -2.24. The average molecular weight is 524 g/mol. The summed E-state index contributed by atoms with van der Waals surface area (Å²) in [6.45, 7) is 2.16. The normalized spacial score (nSPS) is 15.4. The van der Waals surface area contributed by atoms with Crippen molar-refractivity contribution in [2.24, 2.45) is 0 Å². The number of rotatable bonds is 7. The molecule has 9 heteroatoms. The molecule has 1 aliphatic rings. The SMILES string of the molecule is Cc1nnc(N2C(=O)C(O)=C(C(=O)c3cc4ccccc4o3)C2c2ccc(OCc3ccccc3)cc2)s1.